The Morgan fingerprint density at radius 3 is 2.64 bits per heavy atom. The van der Waals surface area contributed by atoms with Gasteiger partial charge in [0.25, 0.3) is 0 Å². The van der Waals surface area contributed by atoms with Crippen molar-refractivity contribution in [3.8, 4) is 0 Å². The van der Waals surface area contributed by atoms with Crippen LogP contribution in [0.1, 0.15) is 40.5 Å². The molecule has 7 heteroatoms. The number of nitrogens with one attached hydrogen (secondary N) is 1. The molecule has 1 saturated heterocycles. The Morgan fingerprint density at radius 2 is 2.09 bits per heavy atom. The first-order chi connectivity index (χ1) is 10.3. The van der Waals surface area contributed by atoms with E-state index in [-0.39, 0.29) is 12.1 Å². The summed E-state index contributed by atoms with van der Waals surface area (Å²) in [7, 11) is 1.97. The zero-order valence-electron chi connectivity index (χ0n) is 14.1. The van der Waals surface area contributed by atoms with Crippen molar-refractivity contribution in [3.63, 3.8) is 0 Å². The van der Waals surface area contributed by atoms with Gasteiger partial charge in [-0.15, -0.1) is 0 Å². The lowest BCUT2D eigenvalue weighted by molar-refractivity contribution is 0.0508. The first-order valence-electron chi connectivity index (χ1n) is 7.83. The third-order valence-corrected chi connectivity index (χ3v) is 3.63. The molecule has 0 radical (unpaired) electrons. The highest BCUT2D eigenvalue weighted by molar-refractivity contribution is 6.31. The van der Waals surface area contributed by atoms with E-state index in [1.165, 1.54) is 0 Å². The van der Waals surface area contributed by atoms with Gasteiger partial charge in [-0.2, -0.15) is 0 Å². The predicted molar refractivity (Wildman–Crippen MR) is 89.4 cm³/mol. The van der Waals surface area contributed by atoms with E-state index in [9.17, 15) is 4.79 Å². The quantitative estimate of drug-likeness (QED) is 0.829. The maximum atomic E-state index is 11.9. The molecule has 0 aromatic carbocycles. The second kappa shape index (κ2) is 6.54. The minimum atomic E-state index is -0.480. The molecule has 1 aliphatic rings. The van der Waals surface area contributed by atoms with Crippen molar-refractivity contribution < 1.29 is 9.53 Å². The summed E-state index contributed by atoms with van der Waals surface area (Å²) in [6.07, 6.45) is 5.16. The largest absolute Gasteiger partial charge is 0.444 e. The molecule has 1 aliphatic heterocycles. The number of anilines is 1. The highest BCUT2D eigenvalue weighted by Gasteiger charge is 2.34. The highest BCUT2D eigenvalue weighted by atomic mass is 16.6. The number of hydrogen-bond acceptors (Lipinski definition) is 5. The molecule has 1 aromatic rings. The molecule has 0 unspecified atom stereocenters. The molecule has 0 spiro atoms. The molecular weight excluding hydrogens is 279 g/mol. The van der Waals surface area contributed by atoms with Crippen LogP contribution in [0.4, 0.5) is 10.7 Å². The van der Waals surface area contributed by atoms with Gasteiger partial charge in [0.15, 0.2) is 0 Å². The Morgan fingerprint density at radius 1 is 1.45 bits per heavy atom. The fourth-order valence-corrected chi connectivity index (χ4v) is 2.66. The van der Waals surface area contributed by atoms with Crippen LogP contribution in [0.2, 0.25) is 0 Å². The zero-order valence-corrected chi connectivity index (χ0v) is 14.1. The molecule has 0 saturated carbocycles. The average molecular weight is 304 g/mol. The number of nitrogens with zero attached hydrogens (tertiary/aromatic N) is 3. The van der Waals surface area contributed by atoms with Gasteiger partial charge in [0, 0.05) is 25.0 Å². The summed E-state index contributed by atoms with van der Waals surface area (Å²) in [5.41, 5.74) is 0.562. The summed E-state index contributed by atoms with van der Waals surface area (Å²) in [6.45, 7) is 8.44. The highest BCUT2D eigenvalue weighted by Crippen LogP contribution is 2.24. The zero-order chi connectivity index (χ0) is 16.3. The van der Waals surface area contributed by atoms with Gasteiger partial charge in [-0.05, 0) is 33.6 Å². The van der Waals surface area contributed by atoms with Crippen molar-refractivity contribution in [2.45, 2.75) is 58.2 Å². The van der Waals surface area contributed by atoms with E-state index in [1.54, 1.807) is 0 Å². The van der Waals surface area contributed by atoms with Gasteiger partial charge >= 0.3 is 6.09 Å². The van der Waals surface area contributed by atoms with Crippen molar-refractivity contribution in [1.82, 2.24) is 15.3 Å². The van der Waals surface area contributed by atoms with E-state index in [0.29, 0.717) is 12.6 Å². The van der Waals surface area contributed by atoms with E-state index in [1.807, 2.05) is 41.0 Å². The second-order valence-electron chi connectivity index (χ2n) is 6.85. The standard InChI is InChI=1S/C15H25BN4O2/c1-5-12-6-11(19-14(21)22-15(2,3)4)9-20(12)13-17-7-10(16)8-18-13/h7-8,11-12H,5-6,9,16H2,1-4H3,(H,19,21)/t11-,12+/m0/s1. The second-order valence-corrected chi connectivity index (χ2v) is 6.85. The molecule has 2 rings (SSSR count). The van der Waals surface area contributed by atoms with Gasteiger partial charge in [-0.3, -0.25) is 0 Å². The van der Waals surface area contributed by atoms with Crippen LogP contribution in [0.15, 0.2) is 12.4 Å². The van der Waals surface area contributed by atoms with Gasteiger partial charge < -0.3 is 15.0 Å². The number of amides is 1. The minimum absolute atomic E-state index is 0.0599. The third kappa shape index (κ3) is 4.35. The lowest BCUT2D eigenvalue weighted by Crippen LogP contribution is -2.40. The molecular formula is C15H25BN4O2. The van der Waals surface area contributed by atoms with Crippen molar-refractivity contribution >= 4 is 25.4 Å². The maximum Gasteiger partial charge on any atom is 0.407 e. The van der Waals surface area contributed by atoms with E-state index < -0.39 is 5.60 Å². The van der Waals surface area contributed by atoms with Crippen molar-refractivity contribution in [3.05, 3.63) is 12.4 Å². The van der Waals surface area contributed by atoms with E-state index in [0.717, 1.165) is 24.3 Å². The molecule has 0 bridgehead atoms. The molecule has 6 nitrogen and oxygen atoms in total. The van der Waals surface area contributed by atoms with E-state index >= 15 is 0 Å². The Kier molecular flexibility index (Phi) is 4.93. The Hall–Kier alpha value is -1.79. The summed E-state index contributed by atoms with van der Waals surface area (Å²) in [5.74, 6) is 0.728. The molecule has 1 N–H and O–H groups in total. The van der Waals surface area contributed by atoms with E-state index in [4.69, 9.17) is 4.74 Å². The molecule has 2 atom stereocenters. The molecule has 0 aliphatic carbocycles. The topological polar surface area (TPSA) is 67.4 Å². The van der Waals surface area contributed by atoms with Crippen LogP contribution < -0.4 is 15.7 Å². The monoisotopic (exact) mass is 304 g/mol. The number of carbonyl (C=O) groups is 1. The number of aromatic nitrogens is 2. The van der Waals surface area contributed by atoms with Gasteiger partial charge in [0.2, 0.25) is 5.95 Å². The first kappa shape index (κ1) is 16.6. The van der Waals surface area contributed by atoms with Crippen LogP contribution in [0, 0.1) is 0 Å². The molecule has 120 valence electrons. The number of ether oxygens (including phenoxy) is 1. The van der Waals surface area contributed by atoms with Gasteiger partial charge in [-0.25, -0.2) is 14.8 Å². The number of alkyl carbamates (subject to hydrolysis) is 1. The summed E-state index contributed by atoms with van der Waals surface area (Å²) in [5, 5.41) is 2.95. The average Bonchev–Trinajstić information content (AvgIpc) is 2.80. The summed E-state index contributed by atoms with van der Waals surface area (Å²) >= 11 is 0. The number of rotatable bonds is 3. The first-order valence-corrected chi connectivity index (χ1v) is 7.83. The minimum Gasteiger partial charge on any atom is -0.444 e. The van der Waals surface area contributed by atoms with Crippen molar-refractivity contribution in [2.75, 3.05) is 11.4 Å². The van der Waals surface area contributed by atoms with E-state index in [2.05, 4.69) is 27.1 Å². The van der Waals surface area contributed by atoms with Crippen LogP contribution in [0.3, 0.4) is 0 Å². The Labute approximate surface area is 133 Å². The predicted octanol–water partition coefficient (Wildman–Crippen LogP) is 0.617. The van der Waals surface area contributed by atoms with Crippen LogP contribution in [-0.4, -0.2) is 48.1 Å². The van der Waals surface area contributed by atoms with Crippen LogP contribution >= 0.6 is 0 Å². The van der Waals surface area contributed by atoms with Crippen LogP contribution in [-0.2, 0) is 4.74 Å². The fourth-order valence-electron chi connectivity index (χ4n) is 2.66. The molecule has 1 amide bonds. The Balaban J connectivity index is 2.00. The molecule has 1 fully saturated rings. The van der Waals surface area contributed by atoms with Gasteiger partial charge in [-0.1, -0.05) is 12.4 Å². The van der Waals surface area contributed by atoms with Crippen molar-refractivity contribution in [2.24, 2.45) is 0 Å². The third-order valence-electron chi connectivity index (χ3n) is 3.63. The molecule has 2 heterocycles. The molecule has 22 heavy (non-hydrogen) atoms. The summed E-state index contributed by atoms with van der Waals surface area (Å²) < 4.78 is 5.33. The SMILES string of the molecule is Bc1cnc(N2C[C@@H](NC(=O)OC(C)(C)C)C[C@H]2CC)nc1. The maximum absolute atomic E-state index is 11.9. The number of hydrogen-bond donors (Lipinski definition) is 1. The lowest BCUT2D eigenvalue weighted by atomic mass is 10.0. The van der Waals surface area contributed by atoms with Gasteiger partial charge in [0.05, 0.1) is 6.04 Å². The van der Waals surface area contributed by atoms with Crippen LogP contribution in [0.25, 0.3) is 0 Å². The van der Waals surface area contributed by atoms with Crippen molar-refractivity contribution in [1.29, 1.82) is 0 Å². The van der Waals surface area contributed by atoms with Gasteiger partial charge in [0.1, 0.15) is 13.4 Å². The summed E-state index contributed by atoms with van der Waals surface area (Å²) in [4.78, 5) is 22.9. The van der Waals surface area contributed by atoms with Crippen LogP contribution in [0.5, 0.6) is 0 Å². The number of carbonyl (C=O) groups excluding carboxylic acids is 1. The smallest absolute Gasteiger partial charge is 0.407 e. The molecule has 1 aromatic heterocycles. The lowest BCUT2D eigenvalue weighted by Gasteiger charge is -2.23. The Bertz CT molecular complexity index is 515. The summed E-state index contributed by atoms with van der Waals surface area (Å²) in [6, 6.07) is 0.396. The fraction of sp³-hybridized carbons (Fsp3) is 0.667. The normalized spacial score (nSPS) is 21.7.